The molecule has 8 nitrogen and oxygen atoms in total. The molecule has 0 spiro atoms. The summed E-state index contributed by atoms with van der Waals surface area (Å²) in [6, 6.07) is 3.54. The van der Waals surface area contributed by atoms with Gasteiger partial charge in [0.1, 0.15) is 5.76 Å². The lowest BCUT2D eigenvalue weighted by molar-refractivity contribution is -0.128. The molecule has 3 rings (SSSR count). The standard InChI is InChI=1S/C16H17N3O5S/c1-9-13(15(22)23-2)17-16(25-9)18-14(21)10-6-12(20)19(7-10)8-11-4-3-5-24-11/h3-5,10H,6-8H2,1-2H3,(H,17,18,21)/t10-/m1/s1. The zero-order valence-electron chi connectivity index (χ0n) is 13.8. The fourth-order valence-electron chi connectivity index (χ4n) is 2.63. The Bertz CT molecular complexity index is 799. The third-order valence-electron chi connectivity index (χ3n) is 3.92. The summed E-state index contributed by atoms with van der Waals surface area (Å²) in [5.74, 6) is -0.724. The van der Waals surface area contributed by atoms with Gasteiger partial charge in [0.25, 0.3) is 0 Å². The average molecular weight is 363 g/mol. The molecule has 1 N–H and O–H groups in total. The number of esters is 1. The van der Waals surface area contributed by atoms with Gasteiger partial charge in [0.15, 0.2) is 10.8 Å². The van der Waals surface area contributed by atoms with E-state index in [2.05, 4.69) is 15.0 Å². The van der Waals surface area contributed by atoms with Crippen molar-refractivity contribution in [2.45, 2.75) is 19.9 Å². The van der Waals surface area contributed by atoms with Crippen molar-refractivity contribution >= 4 is 34.3 Å². The monoisotopic (exact) mass is 363 g/mol. The number of carbonyl (C=O) groups excluding carboxylic acids is 3. The van der Waals surface area contributed by atoms with Gasteiger partial charge < -0.3 is 19.4 Å². The Labute approximate surface area is 147 Å². The van der Waals surface area contributed by atoms with Crippen LogP contribution >= 0.6 is 11.3 Å². The quantitative estimate of drug-likeness (QED) is 0.813. The Morgan fingerprint density at radius 2 is 2.32 bits per heavy atom. The van der Waals surface area contributed by atoms with Gasteiger partial charge in [-0.3, -0.25) is 9.59 Å². The van der Waals surface area contributed by atoms with Gasteiger partial charge in [0.2, 0.25) is 11.8 Å². The Balaban J connectivity index is 1.62. The van der Waals surface area contributed by atoms with Crippen molar-refractivity contribution < 1.29 is 23.5 Å². The van der Waals surface area contributed by atoms with Crippen molar-refractivity contribution in [1.82, 2.24) is 9.88 Å². The first-order valence-corrected chi connectivity index (χ1v) is 8.46. The molecule has 0 radical (unpaired) electrons. The molecular weight excluding hydrogens is 346 g/mol. The molecule has 2 aromatic heterocycles. The van der Waals surface area contributed by atoms with Gasteiger partial charge in [-0.05, 0) is 19.1 Å². The second-order valence-electron chi connectivity index (χ2n) is 5.66. The summed E-state index contributed by atoms with van der Waals surface area (Å²) < 4.78 is 9.88. The topological polar surface area (TPSA) is 102 Å². The number of hydrogen-bond donors (Lipinski definition) is 1. The first-order valence-electron chi connectivity index (χ1n) is 7.64. The van der Waals surface area contributed by atoms with Crippen molar-refractivity contribution in [2.75, 3.05) is 19.0 Å². The molecular formula is C16H17N3O5S. The molecule has 1 atom stereocenters. The minimum Gasteiger partial charge on any atom is -0.467 e. The number of aryl methyl sites for hydroxylation is 1. The van der Waals surface area contributed by atoms with Crippen LogP contribution in [0.15, 0.2) is 22.8 Å². The van der Waals surface area contributed by atoms with E-state index in [0.717, 1.165) is 0 Å². The fourth-order valence-corrected chi connectivity index (χ4v) is 3.44. The Morgan fingerprint density at radius 3 is 3.00 bits per heavy atom. The summed E-state index contributed by atoms with van der Waals surface area (Å²) in [6.07, 6.45) is 1.69. The molecule has 2 aromatic rings. The number of methoxy groups -OCH3 is 1. The van der Waals surface area contributed by atoms with Crippen LogP contribution in [0.3, 0.4) is 0 Å². The zero-order valence-corrected chi connectivity index (χ0v) is 14.6. The normalized spacial score (nSPS) is 17.0. The van der Waals surface area contributed by atoms with Gasteiger partial charge in [-0.1, -0.05) is 0 Å². The molecule has 0 saturated carbocycles. The molecule has 132 valence electrons. The third-order valence-corrected chi connectivity index (χ3v) is 4.80. The van der Waals surface area contributed by atoms with E-state index in [4.69, 9.17) is 4.42 Å². The number of amides is 2. The first kappa shape index (κ1) is 17.2. The molecule has 3 heterocycles. The average Bonchev–Trinajstić information content (AvgIpc) is 3.29. The highest BCUT2D eigenvalue weighted by atomic mass is 32.1. The largest absolute Gasteiger partial charge is 0.467 e. The van der Waals surface area contributed by atoms with Crippen molar-refractivity contribution in [3.05, 3.63) is 34.7 Å². The van der Waals surface area contributed by atoms with Crippen LogP contribution in [0.5, 0.6) is 0 Å². The highest BCUT2D eigenvalue weighted by molar-refractivity contribution is 7.16. The lowest BCUT2D eigenvalue weighted by atomic mass is 10.1. The van der Waals surface area contributed by atoms with E-state index in [-0.39, 0.29) is 23.9 Å². The number of likely N-dealkylation sites (tertiary alicyclic amines) is 1. The Kier molecular flexibility index (Phi) is 4.84. The highest BCUT2D eigenvalue weighted by Gasteiger charge is 2.35. The van der Waals surface area contributed by atoms with Gasteiger partial charge in [-0.2, -0.15) is 0 Å². The molecule has 9 heteroatoms. The second kappa shape index (κ2) is 7.06. The summed E-state index contributed by atoms with van der Waals surface area (Å²) in [7, 11) is 1.27. The van der Waals surface area contributed by atoms with Gasteiger partial charge >= 0.3 is 5.97 Å². The number of rotatable bonds is 5. The van der Waals surface area contributed by atoms with Crippen LogP contribution < -0.4 is 5.32 Å². The molecule has 1 aliphatic heterocycles. The van der Waals surface area contributed by atoms with Crippen LogP contribution in [0.25, 0.3) is 0 Å². The number of anilines is 1. The summed E-state index contributed by atoms with van der Waals surface area (Å²) in [6.45, 7) is 2.39. The molecule has 1 aliphatic rings. The van der Waals surface area contributed by atoms with E-state index in [0.29, 0.717) is 28.9 Å². The van der Waals surface area contributed by atoms with Crippen molar-refractivity contribution in [3.8, 4) is 0 Å². The number of furan rings is 1. The number of ether oxygens (including phenoxy) is 1. The number of thiazole rings is 1. The van der Waals surface area contributed by atoms with Crippen molar-refractivity contribution in [1.29, 1.82) is 0 Å². The van der Waals surface area contributed by atoms with Gasteiger partial charge in [0, 0.05) is 17.8 Å². The van der Waals surface area contributed by atoms with E-state index in [1.54, 1.807) is 30.2 Å². The lowest BCUT2D eigenvalue weighted by Crippen LogP contribution is -2.27. The van der Waals surface area contributed by atoms with Gasteiger partial charge in [-0.15, -0.1) is 11.3 Å². The molecule has 0 aliphatic carbocycles. The molecule has 0 bridgehead atoms. The summed E-state index contributed by atoms with van der Waals surface area (Å²) >= 11 is 1.19. The van der Waals surface area contributed by atoms with E-state index < -0.39 is 11.9 Å². The Morgan fingerprint density at radius 1 is 1.52 bits per heavy atom. The van der Waals surface area contributed by atoms with Crippen LogP contribution in [-0.4, -0.2) is 41.3 Å². The van der Waals surface area contributed by atoms with Crippen LogP contribution in [0, 0.1) is 12.8 Å². The van der Waals surface area contributed by atoms with Crippen LogP contribution in [0.2, 0.25) is 0 Å². The molecule has 1 fully saturated rings. The zero-order chi connectivity index (χ0) is 18.0. The molecule has 0 unspecified atom stereocenters. The second-order valence-corrected chi connectivity index (χ2v) is 6.86. The predicted octanol–water partition coefficient (Wildman–Crippen LogP) is 1.82. The number of nitrogens with one attached hydrogen (secondary N) is 1. The number of carbonyl (C=O) groups is 3. The summed E-state index contributed by atoms with van der Waals surface area (Å²) in [5, 5.41) is 3.00. The van der Waals surface area contributed by atoms with E-state index in [9.17, 15) is 14.4 Å². The van der Waals surface area contributed by atoms with Crippen molar-refractivity contribution in [2.24, 2.45) is 5.92 Å². The number of nitrogens with zero attached hydrogens (tertiary/aromatic N) is 2. The maximum absolute atomic E-state index is 12.4. The number of aromatic nitrogens is 1. The van der Waals surface area contributed by atoms with Crippen molar-refractivity contribution in [3.63, 3.8) is 0 Å². The fraction of sp³-hybridized carbons (Fsp3) is 0.375. The van der Waals surface area contributed by atoms with E-state index in [1.165, 1.54) is 18.4 Å². The number of hydrogen-bond acceptors (Lipinski definition) is 7. The van der Waals surface area contributed by atoms with Gasteiger partial charge in [-0.25, -0.2) is 9.78 Å². The lowest BCUT2D eigenvalue weighted by Gasteiger charge is -2.14. The first-order chi connectivity index (χ1) is 12.0. The molecule has 25 heavy (non-hydrogen) atoms. The van der Waals surface area contributed by atoms with Crippen LogP contribution in [0.1, 0.15) is 27.5 Å². The maximum atomic E-state index is 12.4. The third kappa shape index (κ3) is 3.71. The minimum absolute atomic E-state index is 0.0953. The summed E-state index contributed by atoms with van der Waals surface area (Å²) in [4.78, 5) is 42.4. The smallest absolute Gasteiger partial charge is 0.357 e. The predicted molar refractivity (Wildman–Crippen MR) is 89.1 cm³/mol. The van der Waals surface area contributed by atoms with Crippen LogP contribution in [-0.2, 0) is 20.9 Å². The van der Waals surface area contributed by atoms with E-state index in [1.807, 2.05) is 0 Å². The highest BCUT2D eigenvalue weighted by Crippen LogP contribution is 2.26. The Hall–Kier alpha value is -2.68. The van der Waals surface area contributed by atoms with Crippen LogP contribution in [0.4, 0.5) is 5.13 Å². The summed E-state index contributed by atoms with van der Waals surface area (Å²) in [5.41, 5.74) is 0.185. The maximum Gasteiger partial charge on any atom is 0.357 e. The van der Waals surface area contributed by atoms with E-state index >= 15 is 0 Å². The molecule has 0 aromatic carbocycles. The SMILES string of the molecule is COC(=O)c1nc(NC(=O)[C@@H]2CC(=O)N(Cc3ccco3)C2)sc1C. The minimum atomic E-state index is -0.546. The molecule has 1 saturated heterocycles. The molecule has 2 amide bonds. The van der Waals surface area contributed by atoms with Gasteiger partial charge in [0.05, 0.1) is 25.8 Å².